The third-order valence-electron chi connectivity index (χ3n) is 4.19. The summed E-state index contributed by atoms with van der Waals surface area (Å²) in [5, 5.41) is 8.76. The summed E-state index contributed by atoms with van der Waals surface area (Å²) in [7, 11) is 1.63. The van der Waals surface area contributed by atoms with Gasteiger partial charge in [0.15, 0.2) is 0 Å². The molecule has 2 heterocycles. The Morgan fingerprint density at radius 1 is 1.21 bits per heavy atom. The van der Waals surface area contributed by atoms with Crippen molar-refractivity contribution in [1.82, 2.24) is 14.6 Å². The zero-order chi connectivity index (χ0) is 20.2. The topological polar surface area (TPSA) is 68.5 Å². The number of ether oxygens (including phenoxy) is 1. The van der Waals surface area contributed by atoms with Gasteiger partial charge in [0.05, 0.1) is 24.1 Å². The molecule has 4 rings (SSSR count). The van der Waals surface area contributed by atoms with Crippen molar-refractivity contribution >= 4 is 40.5 Å². The number of halogens is 1. The van der Waals surface area contributed by atoms with E-state index >= 15 is 0 Å². The molecule has 0 spiro atoms. The minimum atomic E-state index is -0.134. The van der Waals surface area contributed by atoms with Crippen molar-refractivity contribution in [2.45, 2.75) is 5.03 Å². The standard InChI is InChI=1S/C21H17ClN4O2S/c1-28-19-8-3-2-7-16(19)17-12-18-21(23-9-10-26(18)25-17)29-13-20(27)24-15-6-4-5-14(22)11-15/h2-12H,13H2,1H3,(H,24,27). The van der Waals surface area contributed by atoms with E-state index < -0.39 is 0 Å². The Morgan fingerprint density at radius 2 is 2.07 bits per heavy atom. The van der Waals surface area contributed by atoms with E-state index in [1.54, 1.807) is 48.3 Å². The van der Waals surface area contributed by atoms with E-state index in [2.05, 4.69) is 15.4 Å². The summed E-state index contributed by atoms with van der Waals surface area (Å²) >= 11 is 7.31. The van der Waals surface area contributed by atoms with Crippen molar-refractivity contribution in [2.24, 2.45) is 0 Å². The van der Waals surface area contributed by atoms with Crippen molar-refractivity contribution in [3.05, 3.63) is 72.0 Å². The second kappa shape index (κ2) is 8.55. The number of carbonyl (C=O) groups is 1. The van der Waals surface area contributed by atoms with Crippen LogP contribution >= 0.6 is 23.4 Å². The largest absolute Gasteiger partial charge is 0.496 e. The van der Waals surface area contributed by atoms with Crippen molar-refractivity contribution in [2.75, 3.05) is 18.2 Å². The minimum absolute atomic E-state index is 0.134. The Morgan fingerprint density at radius 3 is 2.90 bits per heavy atom. The van der Waals surface area contributed by atoms with Gasteiger partial charge in [0.2, 0.25) is 5.91 Å². The summed E-state index contributed by atoms with van der Waals surface area (Å²) in [5.74, 6) is 0.832. The Hall–Kier alpha value is -3.03. The highest BCUT2D eigenvalue weighted by molar-refractivity contribution is 8.00. The molecule has 4 aromatic rings. The van der Waals surface area contributed by atoms with Crippen LogP contribution in [0.3, 0.4) is 0 Å². The number of hydrogen-bond acceptors (Lipinski definition) is 5. The molecule has 2 aromatic heterocycles. The maximum absolute atomic E-state index is 12.3. The fourth-order valence-corrected chi connectivity index (χ4v) is 3.86. The molecule has 0 saturated carbocycles. The van der Waals surface area contributed by atoms with Crippen LogP contribution in [0.2, 0.25) is 5.02 Å². The number of carbonyl (C=O) groups excluding carboxylic acids is 1. The van der Waals surface area contributed by atoms with Crippen molar-refractivity contribution in [1.29, 1.82) is 0 Å². The van der Waals surface area contributed by atoms with E-state index in [1.165, 1.54) is 11.8 Å². The van der Waals surface area contributed by atoms with Crippen LogP contribution < -0.4 is 10.1 Å². The minimum Gasteiger partial charge on any atom is -0.496 e. The monoisotopic (exact) mass is 424 g/mol. The molecule has 0 aliphatic rings. The average Bonchev–Trinajstić information content (AvgIpc) is 3.17. The normalized spacial score (nSPS) is 10.8. The van der Waals surface area contributed by atoms with Gasteiger partial charge in [-0.15, -0.1) is 0 Å². The van der Waals surface area contributed by atoms with Crippen molar-refractivity contribution < 1.29 is 9.53 Å². The van der Waals surface area contributed by atoms with Gasteiger partial charge in [-0.05, 0) is 36.4 Å². The van der Waals surface area contributed by atoms with Crippen molar-refractivity contribution in [3.63, 3.8) is 0 Å². The molecule has 146 valence electrons. The first kappa shape index (κ1) is 19.3. The predicted molar refractivity (Wildman–Crippen MR) is 116 cm³/mol. The molecule has 0 unspecified atom stereocenters. The van der Waals surface area contributed by atoms with Crippen LogP contribution in [-0.2, 0) is 4.79 Å². The van der Waals surface area contributed by atoms with E-state index in [0.717, 1.165) is 27.5 Å². The van der Waals surface area contributed by atoms with Crippen LogP contribution in [0.4, 0.5) is 5.69 Å². The lowest BCUT2D eigenvalue weighted by Gasteiger charge is -2.05. The van der Waals surface area contributed by atoms with Crippen LogP contribution in [0.15, 0.2) is 72.0 Å². The van der Waals surface area contributed by atoms with Gasteiger partial charge >= 0.3 is 0 Å². The van der Waals surface area contributed by atoms with Gasteiger partial charge in [0, 0.05) is 28.7 Å². The number of para-hydroxylation sites is 1. The van der Waals surface area contributed by atoms with Crippen molar-refractivity contribution in [3.8, 4) is 17.0 Å². The van der Waals surface area contributed by atoms with E-state index in [0.29, 0.717) is 10.7 Å². The van der Waals surface area contributed by atoms with Gasteiger partial charge in [-0.25, -0.2) is 9.50 Å². The number of methoxy groups -OCH3 is 1. The Kier molecular flexibility index (Phi) is 5.69. The first-order valence-electron chi connectivity index (χ1n) is 8.80. The summed E-state index contributed by atoms with van der Waals surface area (Å²) in [5.41, 5.74) is 3.17. The van der Waals surface area contributed by atoms with E-state index in [1.807, 2.05) is 30.3 Å². The predicted octanol–water partition coefficient (Wildman–Crippen LogP) is 4.79. The zero-order valence-corrected chi connectivity index (χ0v) is 17.1. The fourth-order valence-electron chi connectivity index (χ4n) is 2.89. The molecule has 2 aromatic carbocycles. The number of thioether (sulfide) groups is 1. The SMILES string of the molecule is COc1ccccc1-c1cc2c(SCC(=O)Nc3cccc(Cl)c3)nccn2n1. The lowest BCUT2D eigenvalue weighted by molar-refractivity contribution is -0.113. The summed E-state index contributed by atoms with van der Waals surface area (Å²) < 4.78 is 7.19. The Labute approximate surface area is 176 Å². The molecule has 29 heavy (non-hydrogen) atoms. The molecule has 0 fully saturated rings. The zero-order valence-electron chi connectivity index (χ0n) is 15.5. The van der Waals surface area contributed by atoms with Gasteiger partial charge < -0.3 is 10.1 Å². The van der Waals surface area contributed by atoms with Crippen LogP contribution in [-0.4, -0.2) is 33.4 Å². The lowest BCUT2D eigenvalue weighted by Crippen LogP contribution is -2.14. The molecular formula is C21H17ClN4O2S. The molecule has 8 heteroatoms. The molecular weight excluding hydrogens is 408 g/mol. The van der Waals surface area contributed by atoms with E-state index in [9.17, 15) is 4.79 Å². The fraction of sp³-hybridized carbons (Fsp3) is 0.0952. The quantitative estimate of drug-likeness (QED) is 0.451. The average molecular weight is 425 g/mol. The maximum atomic E-state index is 12.3. The van der Waals surface area contributed by atoms with Gasteiger partial charge in [0.1, 0.15) is 10.8 Å². The summed E-state index contributed by atoms with van der Waals surface area (Å²) in [6.45, 7) is 0. The Bertz CT molecular complexity index is 1180. The van der Waals surface area contributed by atoms with Gasteiger partial charge in [-0.2, -0.15) is 5.10 Å². The van der Waals surface area contributed by atoms with Gasteiger partial charge in [-0.1, -0.05) is 41.6 Å². The molecule has 1 N–H and O–H groups in total. The number of anilines is 1. The lowest BCUT2D eigenvalue weighted by atomic mass is 10.1. The first-order valence-corrected chi connectivity index (χ1v) is 10.2. The van der Waals surface area contributed by atoms with Crippen LogP contribution in [0.25, 0.3) is 16.8 Å². The molecule has 0 saturated heterocycles. The van der Waals surface area contributed by atoms with E-state index in [4.69, 9.17) is 16.3 Å². The number of hydrogen-bond donors (Lipinski definition) is 1. The number of benzene rings is 2. The van der Waals surface area contributed by atoms with Crippen LogP contribution in [0.5, 0.6) is 5.75 Å². The molecule has 0 aliphatic heterocycles. The number of fused-ring (bicyclic) bond motifs is 1. The third kappa shape index (κ3) is 4.36. The molecule has 6 nitrogen and oxygen atoms in total. The second-order valence-corrected chi connectivity index (χ2v) is 7.54. The van der Waals surface area contributed by atoms with Gasteiger partial charge in [0.25, 0.3) is 0 Å². The van der Waals surface area contributed by atoms with Gasteiger partial charge in [-0.3, -0.25) is 4.79 Å². The molecule has 1 amide bonds. The highest BCUT2D eigenvalue weighted by Crippen LogP contribution is 2.31. The first-order chi connectivity index (χ1) is 14.1. The molecule has 0 aliphatic carbocycles. The molecule has 0 atom stereocenters. The number of aromatic nitrogens is 3. The second-order valence-electron chi connectivity index (χ2n) is 6.14. The Balaban J connectivity index is 1.54. The number of nitrogens with one attached hydrogen (secondary N) is 1. The van der Waals surface area contributed by atoms with Crippen LogP contribution in [0, 0.1) is 0 Å². The molecule has 0 radical (unpaired) electrons. The summed E-state index contributed by atoms with van der Waals surface area (Å²) in [6, 6.07) is 16.7. The highest BCUT2D eigenvalue weighted by atomic mass is 35.5. The number of rotatable bonds is 6. The molecule has 0 bridgehead atoms. The summed E-state index contributed by atoms with van der Waals surface area (Å²) in [6.07, 6.45) is 3.45. The highest BCUT2D eigenvalue weighted by Gasteiger charge is 2.14. The number of amides is 1. The summed E-state index contributed by atoms with van der Waals surface area (Å²) in [4.78, 5) is 16.7. The number of nitrogens with zero attached hydrogens (tertiary/aromatic N) is 3. The smallest absolute Gasteiger partial charge is 0.234 e. The maximum Gasteiger partial charge on any atom is 0.234 e. The van der Waals surface area contributed by atoms with Crippen LogP contribution in [0.1, 0.15) is 0 Å². The third-order valence-corrected chi connectivity index (χ3v) is 5.42. The van der Waals surface area contributed by atoms with E-state index in [-0.39, 0.29) is 11.7 Å².